The van der Waals surface area contributed by atoms with Crippen molar-refractivity contribution in [1.29, 1.82) is 0 Å². The second-order valence-corrected chi connectivity index (χ2v) is 9.20. The van der Waals surface area contributed by atoms with Crippen LogP contribution in [0.15, 0.2) is 36.4 Å². The Labute approximate surface area is 176 Å². The number of nitrogens with zero attached hydrogens (tertiary/aromatic N) is 1. The third-order valence-electron chi connectivity index (χ3n) is 4.48. The summed E-state index contributed by atoms with van der Waals surface area (Å²) in [5, 5.41) is 1.90. The molecule has 1 amide bonds. The SMILES string of the molecule is Cc1ccc2c(c1)N(S(C)(=O)=O)CCC(C(=O)Nc1ccc(Cl)c(C(F)(F)F)c1)O2. The fourth-order valence-corrected chi connectivity index (χ4v) is 4.22. The Morgan fingerprint density at radius 1 is 1.23 bits per heavy atom. The Morgan fingerprint density at radius 3 is 2.57 bits per heavy atom. The molecule has 2 aromatic rings. The lowest BCUT2D eigenvalue weighted by atomic mass is 10.1. The molecule has 1 atom stereocenters. The van der Waals surface area contributed by atoms with Crippen LogP contribution >= 0.6 is 11.6 Å². The predicted octanol–water partition coefficient (Wildman–Crippen LogP) is 4.22. The summed E-state index contributed by atoms with van der Waals surface area (Å²) in [6.07, 6.45) is -4.73. The average Bonchev–Trinajstić information content (AvgIpc) is 2.81. The molecule has 0 aliphatic carbocycles. The van der Waals surface area contributed by atoms with Gasteiger partial charge in [-0.15, -0.1) is 0 Å². The molecule has 30 heavy (non-hydrogen) atoms. The van der Waals surface area contributed by atoms with Crippen molar-refractivity contribution in [3.63, 3.8) is 0 Å². The lowest BCUT2D eigenvalue weighted by Gasteiger charge is -2.21. The molecule has 0 saturated heterocycles. The lowest BCUT2D eigenvalue weighted by Crippen LogP contribution is -2.36. The molecular weight excluding hydrogens is 445 g/mol. The highest BCUT2D eigenvalue weighted by molar-refractivity contribution is 7.92. The maximum atomic E-state index is 13.0. The van der Waals surface area contributed by atoms with E-state index in [2.05, 4.69) is 5.32 Å². The maximum Gasteiger partial charge on any atom is 0.417 e. The van der Waals surface area contributed by atoms with Gasteiger partial charge in [-0.1, -0.05) is 17.7 Å². The molecule has 0 aromatic heterocycles. The van der Waals surface area contributed by atoms with Gasteiger partial charge in [-0.2, -0.15) is 13.2 Å². The van der Waals surface area contributed by atoms with Crippen molar-refractivity contribution in [3.05, 3.63) is 52.5 Å². The van der Waals surface area contributed by atoms with Gasteiger partial charge in [0, 0.05) is 18.7 Å². The first-order valence-corrected chi connectivity index (χ1v) is 11.0. The van der Waals surface area contributed by atoms with E-state index in [4.69, 9.17) is 16.3 Å². The highest BCUT2D eigenvalue weighted by Gasteiger charge is 2.34. The van der Waals surface area contributed by atoms with Gasteiger partial charge in [0.15, 0.2) is 6.10 Å². The van der Waals surface area contributed by atoms with E-state index in [0.717, 1.165) is 28.3 Å². The fourth-order valence-electron chi connectivity index (χ4n) is 3.06. The van der Waals surface area contributed by atoms with E-state index >= 15 is 0 Å². The van der Waals surface area contributed by atoms with Gasteiger partial charge in [-0.3, -0.25) is 9.10 Å². The van der Waals surface area contributed by atoms with E-state index in [9.17, 15) is 26.4 Å². The summed E-state index contributed by atoms with van der Waals surface area (Å²) < 4.78 is 70.4. The van der Waals surface area contributed by atoms with E-state index in [0.29, 0.717) is 5.69 Å². The van der Waals surface area contributed by atoms with Gasteiger partial charge in [0.05, 0.1) is 22.5 Å². The average molecular weight is 463 g/mol. The van der Waals surface area contributed by atoms with Crippen molar-refractivity contribution in [1.82, 2.24) is 0 Å². The summed E-state index contributed by atoms with van der Waals surface area (Å²) in [4.78, 5) is 12.7. The summed E-state index contributed by atoms with van der Waals surface area (Å²) in [5.74, 6) is -0.511. The monoisotopic (exact) mass is 462 g/mol. The Kier molecular flexibility index (Phi) is 5.92. The number of carbonyl (C=O) groups excluding carboxylic acids is 1. The Balaban J connectivity index is 1.87. The molecule has 0 fully saturated rings. The first-order chi connectivity index (χ1) is 13.9. The predicted molar refractivity (Wildman–Crippen MR) is 107 cm³/mol. The number of aryl methyl sites for hydroxylation is 1. The van der Waals surface area contributed by atoms with E-state index < -0.39 is 38.8 Å². The second kappa shape index (κ2) is 7.99. The molecule has 6 nitrogen and oxygen atoms in total. The molecular formula is C19H18ClF3N2O4S. The topological polar surface area (TPSA) is 75.7 Å². The minimum absolute atomic E-state index is 0.00630. The highest BCUT2D eigenvalue weighted by Crippen LogP contribution is 2.37. The van der Waals surface area contributed by atoms with Gasteiger partial charge in [0.25, 0.3) is 5.91 Å². The zero-order valence-electron chi connectivity index (χ0n) is 16.0. The molecule has 1 aliphatic heterocycles. The van der Waals surface area contributed by atoms with Crippen LogP contribution < -0.4 is 14.4 Å². The quantitative estimate of drug-likeness (QED) is 0.741. The van der Waals surface area contributed by atoms with Gasteiger partial charge in [0.2, 0.25) is 10.0 Å². The van der Waals surface area contributed by atoms with E-state index in [-0.39, 0.29) is 24.4 Å². The molecule has 1 heterocycles. The van der Waals surface area contributed by atoms with Gasteiger partial charge >= 0.3 is 6.18 Å². The number of hydrogen-bond donors (Lipinski definition) is 1. The van der Waals surface area contributed by atoms with Gasteiger partial charge in [0.1, 0.15) is 5.75 Å². The van der Waals surface area contributed by atoms with Crippen LogP contribution in [0.2, 0.25) is 5.02 Å². The Hall–Kier alpha value is -2.46. The third-order valence-corrected chi connectivity index (χ3v) is 5.99. The number of benzene rings is 2. The number of hydrogen-bond acceptors (Lipinski definition) is 4. The molecule has 0 bridgehead atoms. The number of nitrogens with one attached hydrogen (secondary N) is 1. The fraction of sp³-hybridized carbons (Fsp3) is 0.316. The highest BCUT2D eigenvalue weighted by atomic mass is 35.5. The minimum atomic E-state index is -4.68. The minimum Gasteiger partial charge on any atom is -0.478 e. The second-order valence-electron chi connectivity index (χ2n) is 6.88. The molecule has 1 N–H and O–H groups in total. The zero-order valence-corrected chi connectivity index (χ0v) is 17.5. The molecule has 0 spiro atoms. The molecule has 1 unspecified atom stereocenters. The van der Waals surface area contributed by atoms with Crippen molar-refractivity contribution in [2.45, 2.75) is 25.6 Å². The number of rotatable bonds is 3. The van der Waals surface area contributed by atoms with E-state index in [1.807, 2.05) is 0 Å². The standard InChI is InChI=1S/C19H18ClF3N2O4S/c1-11-3-6-16-15(9-11)25(30(2,27)28)8-7-17(29-16)18(26)24-12-4-5-14(20)13(10-12)19(21,22)23/h3-6,9-10,17H,7-8H2,1-2H3,(H,24,26). The van der Waals surface area contributed by atoms with Crippen LogP contribution in [0.1, 0.15) is 17.5 Å². The maximum absolute atomic E-state index is 13.0. The summed E-state index contributed by atoms with van der Waals surface area (Å²) in [6.45, 7) is 1.76. The number of sulfonamides is 1. The number of halogens is 4. The van der Waals surface area contributed by atoms with Crippen molar-refractivity contribution in [3.8, 4) is 5.75 Å². The Morgan fingerprint density at radius 2 is 1.93 bits per heavy atom. The van der Waals surface area contributed by atoms with E-state index in [1.165, 1.54) is 6.07 Å². The molecule has 0 saturated carbocycles. The van der Waals surface area contributed by atoms with E-state index in [1.54, 1.807) is 25.1 Å². The number of fused-ring (bicyclic) bond motifs is 1. The largest absolute Gasteiger partial charge is 0.478 e. The van der Waals surface area contributed by atoms with Crippen molar-refractivity contribution in [2.75, 3.05) is 22.4 Å². The zero-order chi connectivity index (χ0) is 22.3. The normalized spacial score (nSPS) is 17.0. The van der Waals surface area contributed by atoms with Crippen molar-refractivity contribution >= 4 is 38.9 Å². The third kappa shape index (κ3) is 4.81. The van der Waals surface area contributed by atoms with Crippen LogP contribution in [0, 0.1) is 6.92 Å². The van der Waals surface area contributed by atoms with Gasteiger partial charge < -0.3 is 10.1 Å². The molecule has 3 rings (SSSR count). The summed E-state index contributed by atoms with van der Waals surface area (Å²) in [7, 11) is -3.63. The first kappa shape index (κ1) is 22.2. The number of anilines is 2. The summed E-state index contributed by atoms with van der Waals surface area (Å²) in [6, 6.07) is 7.90. The number of alkyl halides is 3. The van der Waals surface area contributed by atoms with Crippen LogP contribution in [0.25, 0.3) is 0 Å². The summed E-state index contributed by atoms with van der Waals surface area (Å²) in [5.41, 5.74) is -0.0742. The van der Waals surface area contributed by atoms with Gasteiger partial charge in [-0.25, -0.2) is 8.42 Å². The number of carbonyl (C=O) groups is 1. The molecule has 0 radical (unpaired) electrons. The molecule has 162 valence electrons. The first-order valence-electron chi connectivity index (χ1n) is 8.79. The summed E-state index contributed by atoms with van der Waals surface area (Å²) >= 11 is 5.60. The van der Waals surface area contributed by atoms with Crippen LogP contribution in [-0.2, 0) is 21.0 Å². The molecule has 2 aromatic carbocycles. The molecule has 11 heteroatoms. The van der Waals surface area contributed by atoms with Crippen LogP contribution in [0.4, 0.5) is 24.5 Å². The lowest BCUT2D eigenvalue weighted by molar-refractivity contribution is -0.137. The van der Waals surface area contributed by atoms with Crippen LogP contribution in [0.3, 0.4) is 0 Å². The van der Waals surface area contributed by atoms with Gasteiger partial charge in [-0.05, 0) is 42.8 Å². The number of amides is 1. The molecule has 1 aliphatic rings. The van der Waals surface area contributed by atoms with Crippen LogP contribution in [-0.4, -0.2) is 33.2 Å². The van der Waals surface area contributed by atoms with Crippen LogP contribution in [0.5, 0.6) is 5.75 Å². The Bertz CT molecular complexity index is 1090. The smallest absolute Gasteiger partial charge is 0.417 e. The van der Waals surface area contributed by atoms with Crippen molar-refractivity contribution < 1.29 is 31.1 Å². The van der Waals surface area contributed by atoms with Crippen molar-refractivity contribution in [2.24, 2.45) is 0 Å². The number of ether oxygens (including phenoxy) is 1.